The lowest BCUT2D eigenvalue weighted by molar-refractivity contribution is 0.245. The van der Waals surface area contributed by atoms with Crippen molar-refractivity contribution in [2.75, 3.05) is 18.4 Å². The lowest BCUT2D eigenvalue weighted by atomic mass is 10.1. The van der Waals surface area contributed by atoms with Gasteiger partial charge in [0.1, 0.15) is 0 Å². The molecule has 3 nitrogen and oxygen atoms in total. The van der Waals surface area contributed by atoms with E-state index in [0.29, 0.717) is 6.04 Å². The number of para-hydroxylation sites is 1. The molecule has 118 valence electrons. The van der Waals surface area contributed by atoms with E-state index >= 15 is 0 Å². The lowest BCUT2D eigenvalue weighted by Gasteiger charge is -2.24. The van der Waals surface area contributed by atoms with Crippen molar-refractivity contribution in [3.63, 3.8) is 0 Å². The number of aromatic nitrogens is 1. The summed E-state index contributed by atoms with van der Waals surface area (Å²) in [4.78, 5) is 7.32. The minimum Gasteiger partial charge on any atom is -0.384 e. The predicted molar refractivity (Wildman–Crippen MR) is 95.1 cm³/mol. The van der Waals surface area contributed by atoms with Crippen LogP contribution in [-0.2, 0) is 13.0 Å². The number of aryl methyl sites for hydroxylation is 1. The van der Waals surface area contributed by atoms with E-state index in [0.717, 1.165) is 19.5 Å². The van der Waals surface area contributed by atoms with Crippen molar-refractivity contribution in [1.29, 1.82) is 0 Å². The molecule has 1 N–H and O–H groups in total. The van der Waals surface area contributed by atoms with Crippen molar-refractivity contribution in [2.24, 2.45) is 0 Å². The number of halogens is 1. The van der Waals surface area contributed by atoms with Crippen LogP contribution < -0.4 is 5.32 Å². The summed E-state index contributed by atoms with van der Waals surface area (Å²) in [5.74, 6) is 0. The average Bonchev–Trinajstić information content (AvgIpc) is 3.18. The average molecular weight is 336 g/mol. The standard InChI is InChI=1S/C17H21N3S.ClH/c1-12-19-15(11-21-12)16-6-3-9-20(16)10-14-5-2-4-13-7-8-18-17(13)14;/h2,4-5,11,16,18H,3,6-10H2,1H3;1H. The maximum Gasteiger partial charge on any atom is 0.0898 e. The second-order valence-electron chi connectivity index (χ2n) is 6.05. The van der Waals surface area contributed by atoms with Crippen molar-refractivity contribution in [1.82, 2.24) is 9.88 Å². The van der Waals surface area contributed by atoms with Crippen molar-refractivity contribution in [3.8, 4) is 0 Å². The Balaban J connectivity index is 0.00000144. The smallest absolute Gasteiger partial charge is 0.0898 e. The number of nitrogens with zero attached hydrogens (tertiary/aromatic N) is 2. The van der Waals surface area contributed by atoms with E-state index in [9.17, 15) is 0 Å². The van der Waals surface area contributed by atoms with Crippen molar-refractivity contribution in [2.45, 2.75) is 38.8 Å². The SMILES string of the molecule is Cc1nc(C2CCCN2Cc2cccc3c2NCC3)cs1.Cl. The van der Waals surface area contributed by atoms with E-state index in [1.54, 1.807) is 11.3 Å². The molecule has 1 atom stereocenters. The van der Waals surface area contributed by atoms with Crippen LogP contribution in [0.2, 0.25) is 0 Å². The zero-order chi connectivity index (χ0) is 14.2. The molecule has 0 amide bonds. The van der Waals surface area contributed by atoms with Crippen LogP contribution in [0.1, 0.15) is 40.7 Å². The van der Waals surface area contributed by atoms with Crippen molar-refractivity contribution in [3.05, 3.63) is 45.4 Å². The summed E-state index contributed by atoms with van der Waals surface area (Å²) in [6.07, 6.45) is 3.69. The Kier molecular flexibility index (Phi) is 4.71. The second-order valence-corrected chi connectivity index (χ2v) is 7.11. The molecule has 0 radical (unpaired) electrons. The number of thiazole rings is 1. The topological polar surface area (TPSA) is 28.2 Å². The first-order chi connectivity index (χ1) is 10.3. The Morgan fingerprint density at radius 1 is 1.41 bits per heavy atom. The molecule has 1 fully saturated rings. The summed E-state index contributed by atoms with van der Waals surface area (Å²) in [7, 11) is 0. The highest BCUT2D eigenvalue weighted by molar-refractivity contribution is 7.09. The van der Waals surface area contributed by atoms with Gasteiger partial charge in [-0.15, -0.1) is 23.7 Å². The van der Waals surface area contributed by atoms with Crippen molar-refractivity contribution < 1.29 is 0 Å². The minimum absolute atomic E-state index is 0. The van der Waals surface area contributed by atoms with Gasteiger partial charge in [0, 0.05) is 24.2 Å². The van der Waals surface area contributed by atoms with E-state index in [4.69, 9.17) is 4.98 Å². The Bertz CT molecular complexity index is 655. The highest BCUT2D eigenvalue weighted by Crippen LogP contribution is 2.35. The molecule has 5 heteroatoms. The first-order valence-corrected chi connectivity index (χ1v) is 8.70. The summed E-state index contributed by atoms with van der Waals surface area (Å²) in [6, 6.07) is 7.24. The summed E-state index contributed by atoms with van der Waals surface area (Å²) in [5, 5.41) is 6.98. The van der Waals surface area contributed by atoms with Crippen LogP contribution in [-0.4, -0.2) is 23.0 Å². The Labute approximate surface area is 142 Å². The number of fused-ring (bicyclic) bond motifs is 1. The van der Waals surface area contributed by atoms with Crippen LogP contribution >= 0.6 is 23.7 Å². The molecular weight excluding hydrogens is 314 g/mol. The summed E-state index contributed by atoms with van der Waals surface area (Å²) >= 11 is 1.77. The van der Waals surface area contributed by atoms with Crippen LogP contribution in [0.4, 0.5) is 5.69 Å². The molecule has 0 aliphatic carbocycles. The molecule has 4 rings (SSSR count). The summed E-state index contributed by atoms with van der Waals surface area (Å²) in [5.41, 5.74) is 5.59. The third-order valence-corrected chi connectivity index (χ3v) is 5.44. The fraction of sp³-hybridized carbons (Fsp3) is 0.471. The van der Waals surface area contributed by atoms with E-state index in [1.165, 1.54) is 46.9 Å². The number of hydrogen-bond acceptors (Lipinski definition) is 4. The van der Waals surface area contributed by atoms with Gasteiger partial charge in [0.05, 0.1) is 16.7 Å². The number of anilines is 1. The number of nitrogens with one attached hydrogen (secondary N) is 1. The molecule has 3 heterocycles. The van der Waals surface area contributed by atoms with Gasteiger partial charge in [-0.2, -0.15) is 0 Å². The van der Waals surface area contributed by atoms with Gasteiger partial charge in [-0.1, -0.05) is 18.2 Å². The van der Waals surface area contributed by atoms with E-state index in [1.807, 2.05) is 0 Å². The van der Waals surface area contributed by atoms with Gasteiger partial charge in [0.15, 0.2) is 0 Å². The van der Waals surface area contributed by atoms with Crippen molar-refractivity contribution >= 4 is 29.4 Å². The fourth-order valence-corrected chi connectivity index (χ4v) is 4.30. The summed E-state index contributed by atoms with van der Waals surface area (Å²) in [6.45, 7) is 5.41. The molecule has 22 heavy (non-hydrogen) atoms. The van der Waals surface area contributed by atoms with Gasteiger partial charge in [-0.3, -0.25) is 4.90 Å². The quantitative estimate of drug-likeness (QED) is 0.912. The molecule has 0 bridgehead atoms. The van der Waals surface area contributed by atoms with Crippen LogP contribution in [0, 0.1) is 6.92 Å². The Hall–Kier alpha value is -1.10. The molecule has 1 saturated heterocycles. The predicted octanol–water partition coefficient (Wildman–Crippen LogP) is 4.18. The minimum atomic E-state index is 0. The van der Waals surface area contributed by atoms with Gasteiger partial charge in [-0.25, -0.2) is 4.98 Å². The monoisotopic (exact) mass is 335 g/mol. The highest BCUT2D eigenvalue weighted by atomic mass is 35.5. The number of hydrogen-bond donors (Lipinski definition) is 1. The number of benzene rings is 1. The zero-order valence-electron chi connectivity index (χ0n) is 12.8. The fourth-order valence-electron chi connectivity index (χ4n) is 3.64. The van der Waals surface area contributed by atoms with E-state index in [2.05, 4.69) is 40.7 Å². The van der Waals surface area contributed by atoms with Gasteiger partial charge >= 0.3 is 0 Å². The maximum absolute atomic E-state index is 4.72. The van der Waals surface area contributed by atoms with E-state index in [-0.39, 0.29) is 12.4 Å². The maximum atomic E-state index is 4.72. The van der Waals surface area contributed by atoms with Gasteiger partial charge in [-0.05, 0) is 43.9 Å². The molecule has 0 spiro atoms. The van der Waals surface area contributed by atoms with Gasteiger partial charge in [0.2, 0.25) is 0 Å². The lowest BCUT2D eigenvalue weighted by Crippen LogP contribution is -2.23. The molecule has 2 aliphatic heterocycles. The molecular formula is C17H22ClN3S. The molecule has 1 aromatic carbocycles. The molecule has 2 aromatic rings. The first-order valence-electron chi connectivity index (χ1n) is 7.82. The second kappa shape index (κ2) is 6.57. The Morgan fingerprint density at radius 3 is 3.14 bits per heavy atom. The zero-order valence-corrected chi connectivity index (χ0v) is 14.5. The third-order valence-electron chi connectivity index (χ3n) is 4.65. The highest BCUT2D eigenvalue weighted by Gasteiger charge is 2.28. The van der Waals surface area contributed by atoms with Gasteiger partial charge in [0.25, 0.3) is 0 Å². The normalized spacial score (nSPS) is 20.5. The van der Waals surface area contributed by atoms with Crippen LogP contribution in [0.25, 0.3) is 0 Å². The van der Waals surface area contributed by atoms with Crippen LogP contribution in [0.3, 0.4) is 0 Å². The molecule has 2 aliphatic rings. The number of rotatable bonds is 3. The third kappa shape index (κ3) is 2.87. The summed E-state index contributed by atoms with van der Waals surface area (Å²) < 4.78 is 0. The van der Waals surface area contributed by atoms with Crippen LogP contribution in [0.15, 0.2) is 23.6 Å². The largest absolute Gasteiger partial charge is 0.384 e. The Morgan fingerprint density at radius 2 is 2.32 bits per heavy atom. The van der Waals surface area contributed by atoms with E-state index < -0.39 is 0 Å². The van der Waals surface area contributed by atoms with Crippen LogP contribution in [0.5, 0.6) is 0 Å². The molecule has 0 saturated carbocycles. The first kappa shape index (κ1) is 15.8. The molecule has 1 aromatic heterocycles. The molecule has 1 unspecified atom stereocenters. The van der Waals surface area contributed by atoms with Gasteiger partial charge < -0.3 is 5.32 Å². The number of likely N-dealkylation sites (tertiary alicyclic amines) is 1.